The van der Waals surface area contributed by atoms with Gasteiger partial charge in [-0.3, -0.25) is 0 Å². The summed E-state index contributed by atoms with van der Waals surface area (Å²) in [6.45, 7) is 0. The third-order valence-electron chi connectivity index (χ3n) is 3.97. The fourth-order valence-electron chi connectivity index (χ4n) is 2.89. The van der Waals surface area contributed by atoms with Gasteiger partial charge in [0, 0.05) is 11.8 Å². The number of benzene rings is 1. The van der Waals surface area contributed by atoms with E-state index in [-0.39, 0.29) is 11.5 Å². The van der Waals surface area contributed by atoms with Crippen molar-refractivity contribution in [2.45, 2.75) is 30.8 Å². The Balaban J connectivity index is 1.82. The van der Waals surface area contributed by atoms with Gasteiger partial charge in [-0.15, -0.1) is 0 Å². The summed E-state index contributed by atoms with van der Waals surface area (Å²) >= 11 is 0. The fraction of sp³-hybridized carbons (Fsp3) is 0.429. The maximum absolute atomic E-state index is 11.5. The largest absolute Gasteiger partial charge is 0.461 e. The number of carbonyl (C=O) groups excluding carboxylic acids is 2. The minimum absolute atomic E-state index is 0.0414. The first-order valence-electron chi connectivity index (χ1n) is 6.05. The molecule has 1 fully saturated rings. The van der Waals surface area contributed by atoms with Gasteiger partial charge in [0.1, 0.15) is 6.10 Å². The normalized spacial score (nSPS) is 22.4. The number of esters is 2. The summed E-state index contributed by atoms with van der Waals surface area (Å²) in [7, 11) is 1.18. The van der Waals surface area contributed by atoms with Gasteiger partial charge in [-0.2, -0.15) is 0 Å². The van der Waals surface area contributed by atoms with Crippen LogP contribution >= 0.6 is 0 Å². The number of hydrogen-bond acceptors (Lipinski definition) is 4. The van der Waals surface area contributed by atoms with Crippen molar-refractivity contribution in [1.29, 1.82) is 0 Å². The summed E-state index contributed by atoms with van der Waals surface area (Å²) < 4.78 is 9.69. The average Bonchev–Trinajstić information content (AvgIpc) is 3.12. The molecule has 0 N–H and O–H groups in total. The molecule has 1 aromatic rings. The molecule has 2 aliphatic carbocycles. The Kier molecular flexibility index (Phi) is 2.40. The third kappa shape index (κ3) is 1.52. The van der Waals surface area contributed by atoms with Gasteiger partial charge in [0.2, 0.25) is 0 Å². The van der Waals surface area contributed by atoms with Gasteiger partial charge in [0.25, 0.3) is 0 Å². The topological polar surface area (TPSA) is 52.6 Å². The average molecular weight is 246 g/mol. The van der Waals surface area contributed by atoms with E-state index < -0.39 is 11.9 Å². The molecule has 0 saturated heterocycles. The Bertz CT molecular complexity index is 516. The van der Waals surface area contributed by atoms with Crippen molar-refractivity contribution in [3.8, 4) is 0 Å². The monoisotopic (exact) mass is 246 g/mol. The van der Waals surface area contributed by atoms with E-state index >= 15 is 0 Å². The molecule has 18 heavy (non-hydrogen) atoms. The molecule has 3 rings (SSSR count). The Morgan fingerprint density at radius 1 is 1.22 bits per heavy atom. The molecule has 0 amide bonds. The van der Waals surface area contributed by atoms with Gasteiger partial charge in [0.15, 0.2) is 0 Å². The third-order valence-corrected chi connectivity index (χ3v) is 3.97. The highest BCUT2D eigenvalue weighted by Gasteiger charge is 2.57. The molecule has 1 unspecified atom stereocenters. The lowest BCUT2D eigenvalue weighted by atomic mass is 9.97. The van der Waals surface area contributed by atoms with Crippen LogP contribution < -0.4 is 0 Å². The molecule has 0 aromatic heterocycles. The summed E-state index contributed by atoms with van der Waals surface area (Å²) in [4.78, 5) is 22.6. The first-order chi connectivity index (χ1) is 8.67. The SMILES string of the molecule is COC(=O)C(=O)OC1Cc2ccccc2C12CC2. The van der Waals surface area contributed by atoms with E-state index in [1.165, 1.54) is 18.2 Å². The van der Waals surface area contributed by atoms with Crippen LogP contribution in [0.15, 0.2) is 24.3 Å². The van der Waals surface area contributed by atoms with Crippen LogP contribution in [-0.4, -0.2) is 25.2 Å². The Hall–Kier alpha value is -1.84. The zero-order valence-electron chi connectivity index (χ0n) is 10.1. The van der Waals surface area contributed by atoms with Crippen LogP contribution in [0.4, 0.5) is 0 Å². The van der Waals surface area contributed by atoms with Crippen molar-refractivity contribution in [2.75, 3.05) is 7.11 Å². The van der Waals surface area contributed by atoms with E-state index in [1.807, 2.05) is 12.1 Å². The second-order valence-electron chi connectivity index (χ2n) is 4.90. The van der Waals surface area contributed by atoms with Crippen LogP contribution in [0.1, 0.15) is 24.0 Å². The van der Waals surface area contributed by atoms with Crippen molar-refractivity contribution in [2.24, 2.45) is 0 Å². The van der Waals surface area contributed by atoms with E-state index in [1.54, 1.807) is 0 Å². The molecular formula is C14H14O4. The number of carbonyl (C=O) groups is 2. The number of methoxy groups -OCH3 is 1. The van der Waals surface area contributed by atoms with Gasteiger partial charge >= 0.3 is 11.9 Å². The summed E-state index contributed by atoms with van der Waals surface area (Å²) in [5.74, 6) is -1.82. The van der Waals surface area contributed by atoms with E-state index in [0.717, 1.165) is 12.8 Å². The lowest BCUT2D eigenvalue weighted by molar-refractivity contribution is -0.170. The van der Waals surface area contributed by atoms with Gasteiger partial charge in [-0.1, -0.05) is 24.3 Å². The minimum Gasteiger partial charge on any atom is -0.461 e. The molecule has 1 spiro atoms. The van der Waals surface area contributed by atoms with E-state index in [9.17, 15) is 9.59 Å². The number of fused-ring (bicyclic) bond motifs is 2. The summed E-state index contributed by atoms with van der Waals surface area (Å²) in [6.07, 6.45) is 2.51. The maximum atomic E-state index is 11.5. The zero-order valence-corrected chi connectivity index (χ0v) is 10.1. The van der Waals surface area contributed by atoms with Gasteiger partial charge in [-0.05, 0) is 24.0 Å². The molecule has 0 bridgehead atoms. The Labute approximate surface area is 105 Å². The molecule has 2 aliphatic rings. The highest BCUT2D eigenvalue weighted by atomic mass is 16.6. The number of hydrogen-bond donors (Lipinski definition) is 0. The van der Waals surface area contributed by atoms with Crippen LogP contribution in [-0.2, 0) is 30.9 Å². The van der Waals surface area contributed by atoms with Crippen molar-refractivity contribution < 1.29 is 19.1 Å². The molecule has 0 aliphatic heterocycles. The van der Waals surface area contributed by atoms with Crippen LogP contribution in [0, 0.1) is 0 Å². The predicted octanol–water partition coefficient (Wildman–Crippen LogP) is 1.36. The quantitative estimate of drug-likeness (QED) is 0.554. The molecule has 0 heterocycles. The van der Waals surface area contributed by atoms with Crippen LogP contribution in [0.5, 0.6) is 0 Å². The smallest absolute Gasteiger partial charge is 0.417 e. The van der Waals surface area contributed by atoms with Crippen molar-refractivity contribution >= 4 is 11.9 Å². The molecule has 1 atom stereocenters. The van der Waals surface area contributed by atoms with E-state index in [0.29, 0.717) is 6.42 Å². The second-order valence-corrected chi connectivity index (χ2v) is 4.90. The lowest BCUT2D eigenvalue weighted by Gasteiger charge is -2.19. The zero-order chi connectivity index (χ0) is 12.8. The summed E-state index contributed by atoms with van der Waals surface area (Å²) in [6, 6.07) is 8.14. The molecule has 0 radical (unpaired) electrons. The summed E-state index contributed by atoms with van der Waals surface area (Å²) in [5, 5.41) is 0. The lowest BCUT2D eigenvalue weighted by Crippen LogP contribution is -2.31. The van der Waals surface area contributed by atoms with E-state index in [4.69, 9.17) is 4.74 Å². The first-order valence-corrected chi connectivity index (χ1v) is 6.05. The van der Waals surface area contributed by atoms with Gasteiger partial charge < -0.3 is 9.47 Å². The molecule has 1 aromatic carbocycles. The predicted molar refractivity (Wildman–Crippen MR) is 63.0 cm³/mol. The maximum Gasteiger partial charge on any atom is 0.417 e. The van der Waals surface area contributed by atoms with Crippen LogP contribution in [0.2, 0.25) is 0 Å². The standard InChI is InChI=1S/C14H14O4/c1-17-12(15)13(16)18-11-8-9-4-2-3-5-10(9)14(11)6-7-14/h2-5,11H,6-8H2,1H3. The molecule has 1 saturated carbocycles. The first kappa shape index (κ1) is 11.3. The highest BCUT2D eigenvalue weighted by Crippen LogP contribution is 2.57. The molecule has 4 nitrogen and oxygen atoms in total. The second kappa shape index (κ2) is 3.83. The Morgan fingerprint density at radius 3 is 2.61 bits per heavy atom. The van der Waals surface area contributed by atoms with Crippen molar-refractivity contribution in [1.82, 2.24) is 0 Å². The van der Waals surface area contributed by atoms with Crippen LogP contribution in [0.25, 0.3) is 0 Å². The molecule has 94 valence electrons. The fourth-order valence-corrected chi connectivity index (χ4v) is 2.89. The van der Waals surface area contributed by atoms with Crippen molar-refractivity contribution in [3.63, 3.8) is 0 Å². The Morgan fingerprint density at radius 2 is 1.94 bits per heavy atom. The minimum atomic E-state index is -0.929. The summed E-state index contributed by atoms with van der Waals surface area (Å²) in [5.41, 5.74) is 2.45. The number of ether oxygens (including phenoxy) is 2. The van der Waals surface area contributed by atoms with Gasteiger partial charge in [0.05, 0.1) is 7.11 Å². The number of rotatable bonds is 1. The van der Waals surface area contributed by atoms with Crippen LogP contribution in [0.3, 0.4) is 0 Å². The van der Waals surface area contributed by atoms with Crippen molar-refractivity contribution in [3.05, 3.63) is 35.4 Å². The van der Waals surface area contributed by atoms with Gasteiger partial charge in [-0.25, -0.2) is 9.59 Å². The molecule has 4 heteroatoms. The van der Waals surface area contributed by atoms with E-state index in [2.05, 4.69) is 16.9 Å². The highest BCUT2D eigenvalue weighted by molar-refractivity contribution is 6.29. The molecular weight excluding hydrogens is 232 g/mol.